The summed E-state index contributed by atoms with van der Waals surface area (Å²) < 4.78 is 5.11. The molecule has 2 aromatic heterocycles. The third kappa shape index (κ3) is 4.82. The van der Waals surface area contributed by atoms with Crippen molar-refractivity contribution in [2.45, 2.75) is 38.8 Å². The molecular formula is C15H19N3O4S. The Hall–Kier alpha value is -2.35. The lowest BCUT2D eigenvalue weighted by Gasteiger charge is -2.22. The van der Waals surface area contributed by atoms with Crippen LogP contribution in [-0.2, 0) is 16.0 Å². The van der Waals surface area contributed by atoms with E-state index < -0.39 is 23.7 Å². The van der Waals surface area contributed by atoms with E-state index in [0.717, 1.165) is 16.1 Å². The molecule has 0 aliphatic rings. The fourth-order valence-electron chi connectivity index (χ4n) is 1.97. The van der Waals surface area contributed by atoms with E-state index in [1.807, 2.05) is 17.5 Å². The van der Waals surface area contributed by atoms with Gasteiger partial charge < -0.3 is 15.2 Å². The minimum Gasteiger partial charge on any atom is -0.480 e. The molecule has 0 aliphatic heterocycles. The van der Waals surface area contributed by atoms with Gasteiger partial charge in [-0.3, -0.25) is 5.10 Å². The van der Waals surface area contributed by atoms with Crippen LogP contribution in [0.25, 0.3) is 10.6 Å². The number of amides is 1. The molecule has 0 saturated carbocycles. The third-order valence-electron chi connectivity index (χ3n) is 2.90. The molecule has 2 aromatic rings. The van der Waals surface area contributed by atoms with Crippen molar-refractivity contribution in [1.29, 1.82) is 0 Å². The summed E-state index contributed by atoms with van der Waals surface area (Å²) >= 11 is 1.52. The van der Waals surface area contributed by atoms with Crippen LogP contribution in [0.1, 0.15) is 26.3 Å². The Morgan fingerprint density at radius 1 is 1.48 bits per heavy atom. The Bertz CT molecular complexity index is 673. The van der Waals surface area contributed by atoms with Crippen molar-refractivity contribution >= 4 is 23.4 Å². The second-order valence-corrected chi connectivity index (χ2v) is 6.94. The van der Waals surface area contributed by atoms with E-state index in [1.54, 1.807) is 27.0 Å². The Labute approximate surface area is 137 Å². The first-order chi connectivity index (χ1) is 10.8. The van der Waals surface area contributed by atoms with Gasteiger partial charge in [0.1, 0.15) is 11.6 Å². The van der Waals surface area contributed by atoms with Crippen molar-refractivity contribution in [3.05, 3.63) is 29.3 Å². The molecule has 2 rings (SSSR count). The van der Waals surface area contributed by atoms with Gasteiger partial charge in [0.05, 0.1) is 16.8 Å². The van der Waals surface area contributed by atoms with E-state index in [0.29, 0.717) is 0 Å². The molecule has 0 radical (unpaired) electrons. The number of hydrogen-bond donors (Lipinski definition) is 3. The highest BCUT2D eigenvalue weighted by atomic mass is 32.1. The lowest BCUT2D eigenvalue weighted by Crippen LogP contribution is -2.44. The molecule has 23 heavy (non-hydrogen) atoms. The van der Waals surface area contributed by atoms with Crippen LogP contribution in [0.15, 0.2) is 23.7 Å². The molecule has 0 spiro atoms. The lowest BCUT2D eigenvalue weighted by molar-refractivity contribution is -0.139. The molecule has 7 nitrogen and oxygen atoms in total. The number of aromatic amines is 1. The fraction of sp³-hybridized carbons (Fsp3) is 0.400. The first-order valence-corrected chi connectivity index (χ1v) is 7.92. The molecule has 0 fully saturated rings. The van der Waals surface area contributed by atoms with E-state index in [2.05, 4.69) is 15.5 Å². The van der Waals surface area contributed by atoms with Crippen molar-refractivity contribution in [1.82, 2.24) is 15.5 Å². The van der Waals surface area contributed by atoms with Gasteiger partial charge in [-0.05, 0) is 32.2 Å². The van der Waals surface area contributed by atoms with Crippen LogP contribution in [0.4, 0.5) is 4.79 Å². The van der Waals surface area contributed by atoms with E-state index >= 15 is 0 Å². The minimum atomic E-state index is -1.13. The van der Waals surface area contributed by atoms with Crippen molar-refractivity contribution in [3.63, 3.8) is 0 Å². The second-order valence-electron chi connectivity index (χ2n) is 5.99. The molecule has 0 aromatic carbocycles. The topological polar surface area (TPSA) is 104 Å². The molecule has 0 bridgehead atoms. The zero-order chi connectivity index (χ0) is 17.0. The normalized spacial score (nSPS) is 12.7. The summed E-state index contributed by atoms with van der Waals surface area (Å²) in [6, 6.07) is 2.72. The molecule has 2 heterocycles. The Balaban J connectivity index is 2.11. The molecule has 0 saturated heterocycles. The molecule has 0 aliphatic carbocycles. The lowest BCUT2D eigenvalue weighted by atomic mass is 10.1. The van der Waals surface area contributed by atoms with Crippen molar-refractivity contribution in [3.8, 4) is 10.6 Å². The molecule has 3 N–H and O–H groups in total. The van der Waals surface area contributed by atoms with Crippen LogP contribution in [-0.4, -0.2) is 39.0 Å². The number of carbonyl (C=O) groups excluding carboxylic acids is 1. The monoisotopic (exact) mass is 337 g/mol. The number of aromatic nitrogens is 2. The number of ether oxygens (including phenoxy) is 1. The highest BCUT2D eigenvalue weighted by Gasteiger charge is 2.25. The quantitative estimate of drug-likeness (QED) is 0.778. The number of alkyl carbamates (subject to hydrolysis) is 1. The van der Waals surface area contributed by atoms with Crippen LogP contribution in [0.3, 0.4) is 0 Å². The van der Waals surface area contributed by atoms with Gasteiger partial charge in [0.2, 0.25) is 0 Å². The molecular weight excluding hydrogens is 318 g/mol. The number of rotatable bonds is 5. The average Bonchev–Trinajstić information content (AvgIpc) is 3.05. The number of carboxylic acids is 1. The van der Waals surface area contributed by atoms with Gasteiger partial charge in [-0.1, -0.05) is 6.07 Å². The van der Waals surface area contributed by atoms with Gasteiger partial charge in [-0.2, -0.15) is 5.10 Å². The van der Waals surface area contributed by atoms with Crippen LogP contribution < -0.4 is 5.32 Å². The SMILES string of the molecule is CC(C)(C)OC(=O)NC(Cc1cn[nH]c1-c1cccs1)C(=O)O. The summed E-state index contributed by atoms with van der Waals surface area (Å²) in [5.74, 6) is -1.13. The number of nitrogens with one attached hydrogen (secondary N) is 2. The smallest absolute Gasteiger partial charge is 0.408 e. The summed E-state index contributed by atoms with van der Waals surface area (Å²) in [6.07, 6.45) is 0.922. The van der Waals surface area contributed by atoms with Gasteiger partial charge in [-0.25, -0.2) is 9.59 Å². The summed E-state index contributed by atoms with van der Waals surface area (Å²) in [5.41, 5.74) is 0.790. The zero-order valence-electron chi connectivity index (χ0n) is 13.1. The average molecular weight is 337 g/mol. The van der Waals surface area contributed by atoms with Gasteiger partial charge in [0.25, 0.3) is 0 Å². The number of H-pyrrole nitrogens is 1. The molecule has 1 atom stereocenters. The van der Waals surface area contributed by atoms with Crippen LogP contribution in [0, 0.1) is 0 Å². The van der Waals surface area contributed by atoms with Crippen LogP contribution >= 0.6 is 11.3 Å². The van der Waals surface area contributed by atoms with Gasteiger partial charge in [0, 0.05) is 12.0 Å². The highest BCUT2D eigenvalue weighted by Crippen LogP contribution is 2.26. The van der Waals surface area contributed by atoms with E-state index in [1.165, 1.54) is 11.3 Å². The van der Waals surface area contributed by atoms with Gasteiger partial charge in [-0.15, -0.1) is 11.3 Å². The van der Waals surface area contributed by atoms with E-state index in [4.69, 9.17) is 4.74 Å². The van der Waals surface area contributed by atoms with Gasteiger partial charge >= 0.3 is 12.1 Å². The number of aliphatic carboxylic acids is 1. The second kappa shape index (κ2) is 6.82. The molecule has 124 valence electrons. The number of hydrogen-bond acceptors (Lipinski definition) is 5. The summed E-state index contributed by atoms with van der Waals surface area (Å²) in [6.45, 7) is 5.15. The maximum absolute atomic E-state index is 11.8. The van der Waals surface area contributed by atoms with E-state index in [-0.39, 0.29) is 6.42 Å². The highest BCUT2D eigenvalue weighted by molar-refractivity contribution is 7.13. The summed E-state index contributed by atoms with van der Waals surface area (Å²) in [7, 11) is 0. The predicted octanol–water partition coefficient (Wildman–Crippen LogP) is 2.66. The maximum Gasteiger partial charge on any atom is 0.408 e. The number of thiophene rings is 1. The van der Waals surface area contributed by atoms with Crippen LogP contribution in [0.5, 0.6) is 0 Å². The molecule has 1 amide bonds. The van der Waals surface area contributed by atoms with Crippen LogP contribution in [0.2, 0.25) is 0 Å². The summed E-state index contributed by atoms with van der Waals surface area (Å²) in [4.78, 5) is 24.2. The first-order valence-electron chi connectivity index (χ1n) is 7.04. The number of carboxylic acid groups (broad SMARTS) is 1. The zero-order valence-corrected chi connectivity index (χ0v) is 13.9. The third-order valence-corrected chi connectivity index (χ3v) is 3.79. The van der Waals surface area contributed by atoms with E-state index in [9.17, 15) is 14.7 Å². The standard InChI is InChI=1S/C15H19N3O4S/c1-15(2,3)22-14(21)17-10(13(19)20)7-9-8-16-18-12(9)11-5-4-6-23-11/h4-6,8,10H,7H2,1-3H3,(H,16,18)(H,17,21)(H,19,20). The van der Waals surface area contributed by atoms with Gasteiger partial charge in [0.15, 0.2) is 0 Å². The predicted molar refractivity (Wildman–Crippen MR) is 86.4 cm³/mol. The maximum atomic E-state index is 11.8. The number of nitrogens with zero attached hydrogens (tertiary/aromatic N) is 1. The Morgan fingerprint density at radius 3 is 2.78 bits per heavy atom. The fourth-order valence-corrected chi connectivity index (χ4v) is 2.73. The number of carbonyl (C=O) groups is 2. The first kappa shape index (κ1) is 17.0. The molecule has 8 heteroatoms. The Kier molecular flexibility index (Phi) is 5.05. The van der Waals surface area contributed by atoms with Crippen molar-refractivity contribution in [2.75, 3.05) is 0 Å². The van der Waals surface area contributed by atoms with Crippen molar-refractivity contribution in [2.24, 2.45) is 0 Å². The Morgan fingerprint density at radius 2 is 2.22 bits per heavy atom. The minimum absolute atomic E-state index is 0.109. The summed E-state index contributed by atoms with van der Waals surface area (Å²) in [5, 5.41) is 20.5. The molecule has 1 unspecified atom stereocenters. The van der Waals surface area contributed by atoms with Crippen molar-refractivity contribution < 1.29 is 19.4 Å². The largest absolute Gasteiger partial charge is 0.480 e.